The molecule has 1 saturated heterocycles. The minimum atomic E-state index is -0.445. The number of carbonyl (C=O) groups is 1. The molecule has 2 heterocycles. The molecule has 30 heavy (non-hydrogen) atoms. The molecule has 1 aliphatic carbocycles. The molecule has 7 nitrogen and oxygen atoms in total. The monoisotopic (exact) mass is 433 g/mol. The lowest BCUT2D eigenvalue weighted by atomic mass is 9.82. The van der Waals surface area contributed by atoms with Crippen molar-refractivity contribution in [1.29, 1.82) is 0 Å². The van der Waals surface area contributed by atoms with Gasteiger partial charge >= 0.3 is 12.0 Å². The summed E-state index contributed by atoms with van der Waals surface area (Å²) in [4.78, 5) is 20.1. The number of amides is 1. The topological polar surface area (TPSA) is 68.0 Å². The normalized spacial score (nSPS) is 21.3. The van der Waals surface area contributed by atoms with E-state index in [2.05, 4.69) is 16.0 Å². The Morgan fingerprint density at radius 2 is 2.10 bits per heavy atom. The molecule has 0 N–H and O–H groups in total. The van der Waals surface area contributed by atoms with Crippen molar-refractivity contribution in [3.05, 3.63) is 40.9 Å². The summed E-state index contributed by atoms with van der Waals surface area (Å²) in [7, 11) is 1.72. The average molecular weight is 434 g/mol. The fourth-order valence-corrected chi connectivity index (χ4v) is 4.26. The lowest BCUT2D eigenvalue weighted by Gasteiger charge is -2.37. The van der Waals surface area contributed by atoms with Crippen LogP contribution in [0.4, 0.5) is 4.79 Å². The van der Waals surface area contributed by atoms with Crippen LogP contribution in [-0.4, -0.2) is 53.7 Å². The molecule has 8 heteroatoms. The Labute approximate surface area is 181 Å². The van der Waals surface area contributed by atoms with E-state index in [0.717, 1.165) is 48.8 Å². The molecule has 1 amide bonds. The van der Waals surface area contributed by atoms with Crippen LogP contribution in [0.3, 0.4) is 0 Å². The average Bonchev–Trinajstić information content (AvgIpc) is 3.34. The molecule has 1 saturated carbocycles. The van der Waals surface area contributed by atoms with E-state index >= 15 is 0 Å². The van der Waals surface area contributed by atoms with Crippen LogP contribution in [0.5, 0.6) is 11.7 Å². The van der Waals surface area contributed by atoms with Crippen LogP contribution in [0.15, 0.2) is 29.0 Å². The van der Waals surface area contributed by atoms with Gasteiger partial charge in [0.2, 0.25) is 0 Å². The summed E-state index contributed by atoms with van der Waals surface area (Å²) in [6.45, 7) is 5.54. The van der Waals surface area contributed by atoms with Crippen LogP contribution in [0.2, 0.25) is 5.02 Å². The highest BCUT2D eigenvalue weighted by Gasteiger charge is 2.33. The Morgan fingerprint density at radius 3 is 2.77 bits per heavy atom. The van der Waals surface area contributed by atoms with E-state index in [0.29, 0.717) is 18.2 Å². The van der Waals surface area contributed by atoms with Gasteiger partial charge in [-0.2, -0.15) is 0 Å². The Hall–Kier alpha value is -2.25. The van der Waals surface area contributed by atoms with E-state index in [1.807, 2.05) is 12.1 Å². The number of rotatable bonds is 7. The number of halogens is 1. The van der Waals surface area contributed by atoms with Crippen LogP contribution in [-0.2, 0) is 6.54 Å². The molecule has 0 spiro atoms. The third-order valence-corrected chi connectivity index (χ3v) is 6.19. The zero-order valence-corrected chi connectivity index (χ0v) is 18.2. The van der Waals surface area contributed by atoms with Gasteiger partial charge in [0.15, 0.2) is 6.39 Å². The molecule has 1 aliphatic heterocycles. The van der Waals surface area contributed by atoms with Crippen LogP contribution in [0.25, 0.3) is 0 Å². The van der Waals surface area contributed by atoms with E-state index in [9.17, 15) is 4.79 Å². The molecule has 162 valence electrons. The summed E-state index contributed by atoms with van der Waals surface area (Å²) in [5.74, 6) is 1.34. The van der Waals surface area contributed by atoms with E-state index in [-0.39, 0.29) is 12.1 Å². The number of hydrogen-bond acceptors (Lipinski definition) is 6. The van der Waals surface area contributed by atoms with Crippen LogP contribution in [0, 0.1) is 12.8 Å². The van der Waals surface area contributed by atoms with Crippen molar-refractivity contribution in [3.63, 3.8) is 0 Å². The van der Waals surface area contributed by atoms with Gasteiger partial charge in [0.25, 0.3) is 0 Å². The third-order valence-electron chi connectivity index (χ3n) is 5.84. The molecule has 2 fully saturated rings. The Kier molecular flexibility index (Phi) is 6.49. The summed E-state index contributed by atoms with van der Waals surface area (Å²) in [5.41, 5.74) is 1.71. The Morgan fingerprint density at radius 1 is 1.33 bits per heavy atom. The molecule has 4 rings (SSSR count). The highest BCUT2D eigenvalue weighted by molar-refractivity contribution is 6.31. The van der Waals surface area contributed by atoms with E-state index in [4.69, 9.17) is 25.5 Å². The zero-order chi connectivity index (χ0) is 21.1. The number of ether oxygens (including phenoxy) is 2. The minimum absolute atomic E-state index is 0.145. The van der Waals surface area contributed by atoms with Gasteiger partial charge in [-0.3, -0.25) is 4.90 Å². The largest absolute Gasteiger partial charge is 0.490 e. The number of aryl methyl sites for hydroxylation is 1. The second kappa shape index (κ2) is 9.27. The van der Waals surface area contributed by atoms with Gasteiger partial charge in [0.05, 0.1) is 6.10 Å². The summed E-state index contributed by atoms with van der Waals surface area (Å²) in [6.07, 6.45) is 5.30. The van der Waals surface area contributed by atoms with Gasteiger partial charge in [0.1, 0.15) is 11.4 Å². The second-order valence-corrected chi connectivity index (χ2v) is 8.69. The number of carbonyl (C=O) groups excluding carboxylic acids is 1. The summed E-state index contributed by atoms with van der Waals surface area (Å²) < 4.78 is 16.3. The smallest absolute Gasteiger partial charge is 0.417 e. The first-order chi connectivity index (χ1) is 14.5. The van der Waals surface area contributed by atoms with Gasteiger partial charge in [0, 0.05) is 25.2 Å². The van der Waals surface area contributed by atoms with E-state index < -0.39 is 6.09 Å². The van der Waals surface area contributed by atoms with Gasteiger partial charge in [-0.1, -0.05) is 17.7 Å². The van der Waals surface area contributed by atoms with Crippen LogP contribution < -0.4 is 9.47 Å². The number of aromatic nitrogens is 1. The highest BCUT2D eigenvalue weighted by atomic mass is 35.5. The number of likely N-dealkylation sites (tertiary alicyclic amines) is 1. The first kappa shape index (κ1) is 21.0. The van der Waals surface area contributed by atoms with Crippen molar-refractivity contribution in [1.82, 2.24) is 14.8 Å². The lowest BCUT2D eigenvalue weighted by molar-refractivity contribution is 0.0474. The quantitative estimate of drug-likeness (QED) is 0.639. The van der Waals surface area contributed by atoms with E-state index in [1.165, 1.54) is 19.2 Å². The fraction of sp³-hybridized carbons (Fsp3) is 0.545. The number of oxazole rings is 1. The van der Waals surface area contributed by atoms with Gasteiger partial charge in [-0.25, -0.2) is 9.78 Å². The molecule has 2 aromatic rings. The summed E-state index contributed by atoms with van der Waals surface area (Å²) >= 11 is 6.48. The maximum Gasteiger partial charge on any atom is 0.417 e. The van der Waals surface area contributed by atoms with Crippen LogP contribution in [0.1, 0.15) is 36.9 Å². The Bertz CT molecular complexity index is 875. The highest BCUT2D eigenvalue weighted by Crippen LogP contribution is 2.33. The van der Waals surface area contributed by atoms with Gasteiger partial charge < -0.3 is 18.8 Å². The van der Waals surface area contributed by atoms with Crippen molar-refractivity contribution < 1.29 is 18.7 Å². The number of hydrogen-bond donors (Lipinski definition) is 0. The third kappa shape index (κ3) is 5.08. The van der Waals surface area contributed by atoms with Gasteiger partial charge in [-0.15, -0.1) is 0 Å². The number of benzene rings is 1. The molecule has 1 aromatic carbocycles. The molecule has 0 radical (unpaired) electrons. The lowest BCUT2D eigenvalue weighted by Crippen LogP contribution is -2.42. The van der Waals surface area contributed by atoms with Crippen molar-refractivity contribution >= 4 is 17.7 Å². The summed E-state index contributed by atoms with van der Waals surface area (Å²) in [6, 6.07) is 6.00. The second-order valence-electron chi connectivity index (χ2n) is 8.29. The van der Waals surface area contributed by atoms with E-state index in [1.54, 1.807) is 18.9 Å². The molecule has 0 bridgehead atoms. The molecule has 1 aromatic heterocycles. The zero-order valence-electron chi connectivity index (χ0n) is 17.5. The minimum Gasteiger partial charge on any atom is -0.490 e. The first-order valence-electron chi connectivity index (χ1n) is 10.5. The SMILES string of the molecule is Cc1ncoc1OC(=O)N(C)CC1CC(Oc2ccc(CN3CCCC3)c(Cl)c2)C1. The molecule has 0 atom stereocenters. The van der Waals surface area contributed by atoms with Crippen molar-refractivity contribution in [2.24, 2.45) is 5.92 Å². The van der Waals surface area contributed by atoms with Crippen molar-refractivity contribution in [2.45, 2.75) is 45.3 Å². The molecular weight excluding hydrogens is 406 g/mol. The predicted molar refractivity (Wildman–Crippen MR) is 113 cm³/mol. The maximum atomic E-state index is 12.2. The fourth-order valence-electron chi connectivity index (χ4n) is 4.03. The number of nitrogens with zero attached hydrogens (tertiary/aromatic N) is 3. The van der Waals surface area contributed by atoms with Crippen LogP contribution >= 0.6 is 11.6 Å². The standard InChI is InChI=1S/C22H28ClN3O4/c1-15-21(28-14-24-15)30-22(27)25(2)12-16-9-19(10-16)29-18-6-5-17(20(23)11-18)13-26-7-3-4-8-26/h5-6,11,14,16,19H,3-4,7-10,12-13H2,1-2H3. The molecule has 2 aliphatic rings. The van der Waals surface area contributed by atoms with Crippen molar-refractivity contribution in [2.75, 3.05) is 26.7 Å². The maximum absolute atomic E-state index is 12.2. The molecule has 0 unspecified atom stereocenters. The Balaban J connectivity index is 1.20. The van der Waals surface area contributed by atoms with Crippen molar-refractivity contribution in [3.8, 4) is 11.7 Å². The molecular formula is C22H28ClN3O4. The summed E-state index contributed by atoms with van der Waals surface area (Å²) in [5, 5.41) is 0.764. The van der Waals surface area contributed by atoms with Gasteiger partial charge in [-0.05, 0) is 69.3 Å². The predicted octanol–water partition coefficient (Wildman–Crippen LogP) is 4.52. The first-order valence-corrected chi connectivity index (χ1v) is 10.9.